The molecule has 0 aliphatic heterocycles. The van der Waals surface area contributed by atoms with Crippen molar-refractivity contribution in [1.82, 2.24) is 0 Å². The lowest BCUT2D eigenvalue weighted by molar-refractivity contribution is -0.139. The van der Waals surface area contributed by atoms with Gasteiger partial charge in [0.25, 0.3) is 0 Å². The maximum atomic E-state index is 6.50. The van der Waals surface area contributed by atoms with Crippen molar-refractivity contribution in [3.8, 4) is 0 Å². The summed E-state index contributed by atoms with van der Waals surface area (Å²) in [6, 6.07) is 0. The molecule has 0 spiro atoms. The minimum atomic E-state index is 0.0186. The van der Waals surface area contributed by atoms with Gasteiger partial charge < -0.3 is 14.2 Å². The van der Waals surface area contributed by atoms with Crippen LogP contribution in [-0.2, 0) is 14.2 Å². The van der Waals surface area contributed by atoms with Crippen LogP contribution >= 0.6 is 0 Å². The molecule has 0 amide bonds. The van der Waals surface area contributed by atoms with Crippen LogP contribution in [0, 0.1) is 11.3 Å². The second-order valence-corrected chi connectivity index (χ2v) is 6.74. The molecule has 0 aromatic heterocycles. The normalized spacial score (nSPS) is 17.6. The van der Waals surface area contributed by atoms with E-state index in [1.807, 2.05) is 0 Å². The van der Waals surface area contributed by atoms with E-state index in [9.17, 15) is 0 Å². The third kappa shape index (κ3) is 4.67. The van der Waals surface area contributed by atoms with E-state index in [2.05, 4.69) is 20.8 Å². The Morgan fingerprint density at radius 2 is 1.29 bits per heavy atom. The first-order valence-corrected chi connectivity index (χ1v) is 8.73. The van der Waals surface area contributed by atoms with E-state index in [0.717, 1.165) is 39.1 Å². The Bertz CT molecular complexity index is 253. The van der Waals surface area contributed by atoms with Crippen LogP contribution in [0.5, 0.6) is 0 Å². The van der Waals surface area contributed by atoms with Gasteiger partial charge in [-0.3, -0.25) is 0 Å². The van der Waals surface area contributed by atoms with Gasteiger partial charge in [0.05, 0.1) is 25.4 Å². The van der Waals surface area contributed by atoms with Gasteiger partial charge in [0, 0.05) is 19.6 Å². The molecule has 0 aromatic rings. The molecule has 0 radical (unpaired) electrons. The SMILES string of the molecule is CCC(CC)(CC)OCC(COC)(COC)C1CCCC1. The summed E-state index contributed by atoms with van der Waals surface area (Å²) in [4.78, 5) is 0. The van der Waals surface area contributed by atoms with Crippen molar-refractivity contribution in [2.75, 3.05) is 34.0 Å². The predicted molar refractivity (Wildman–Crippen MR) is 87.7 cm³/mol. The van der Waals surface area contributed by atoms with Crippen molar-refractivity contribution >= 4 is 0 Å². The molecule has 0 saturated heterocycles. The van der Waals surface area contributed by atoms with Gasteiger partial charge in [-0.15, -0.1) is 0 Å². The van der Waals surface area contributed by atoms with E-state index in [1.165, 1.54) is 25.7 Å². The van der Waals surface area contributed by atoms with Gasteiger partial charge in [0.2, 0.25) is 0 Å². The van der Waals surface area contributed by atoms with Gasteiger partial charge >= 0.3 is 0 Å². The molecule has 1 rings (SSSR count). The molecule has 3 nitrogen and oxygen atoms in total. The highest BCUT2D eigenvalue weighted by Gasteiger charge is 2.42. The van der Waals surface area contributed by atoms with Crippen molar-refractivity contribution < 1.29 is 14.2 Å². The Kier molecular flexibility index (Phi) is 8.22. The van der Waals surface area contributed by atoms with Crippen molar-refractivity contribution in [2.24, 2.45) is 11.3 Å². The predicted octanol–water partition coefficient (Wildman–Crippen LogP) is 4.44. The molecule has 0 bridgehead atoms. The summed E-state index contributed by atoms with van der Waals surface area (Å²) in [6.45, 7) is 8.93. The molecular weight excluding hydrogens is 264 g/mol. The monoisotopic (exact) mass is 300 g/mol. The maximum absolute atomic E-state index is 6.50. The standard InChI is InChI=1S/C18H36O3/c1-6-18(7-2,8-3)21-15-17(13-19-4,14-20-5)16-11-9-10-12-16/h16H,6-15H2,1-5H3. The highest BCUT2D eigenvalue weighted by molar-refractivity contribution is 4.91. The van der Waals surface area contributed by atoms with Crippen molar-refractivity contribution in [2.45, 2.75) is 71.3 Å². The Labute approximate surface area is 131 Å². The van der Waals surface area contributed by atoms with Gasteiger partial charge in [-0.05, 0) is 38.0 Å². The number of hydrogen-bond donors (Lipinski definition) is 0. The van der Waals surface area contributed by atoms with E-state index in [-0.39, 0.29) is 11.0 Å². The largest absolute Gasteiger partial charge is 0.384 e. The first-order valence-electron chi connectivity index (χ1n) is 8.73. The summed E-state index contributed by atoms with van der Waals surface area (Å²) in [5.41, 5.74) is 0.0378. The fraction of sp³-hybridized carbons (Fsp3) is 1.00. The number of hydrogen-bond acceptors (Lipinski definition) is 3. The Hall–Kier alpha value is -0.120. The number of rotatable bonds is 11. The second-order valence-electron chi connectivity index (χ2n) is 6.74. The van der Waals surface area contributed by atoms with Gasteiger partial charge in [-0.25, -0.2) is 0 Å². The molecule has 0 unspecified atom stereocenters. The van der Waals surface area contributed by atoms with Crippen molar-refractivity contribution in [1.29, 1.82) is 0 Å². The summed E-state index contributed by atoms with van der Waals surface area (Å²) in [5.74, 6) is 0.667. The Morgan fingerprint density at radius 1 is 0.810 bits per heavy atom. The zero-order valence-electron chi connectivity index (χ0n) is 14.9. The topological polar surface area (TPSA) is 27.7 Å². The quantitative estimate of drug-likeness (QED) is 0.564. The van der Waals surface area contributed by atoms with Gasteiger partial charge in [0.15, 0.2) is 0 Å². The summed E-state index contributed by atoms with van der Waals surface area (Å²) in [6.07, 6.45) is 8.45. The molecule has 0 heterocycles. The average Bonchev–Trinajstić information content (AvgIpc) is 3.04. The van der Waals surface area contributed by atoms with E-state index in [4.69, 9.17) is 14.2 Å². The van der Waals surface area contributed by atoms with Crippen LogP contribution in [-0.4, -0.2) is 39.6 Å². The van der Waals surface area contributed by atoms with E-state index >= 15 is 0 Å². The van der Waals surface area contributed by atoms with Crippen molar-refractivity contribution in [3.05, 3.63) is 0 Å². The molecule has 0 aromatic carbocycles. The third-order valence-electron chi connectivity index (χ3n) is 5.68. The lowest BCUT2D eigenvalue weighted by atomic mass is 9.75. The van der Waals surface area contributed by atoms with Crippen LogP contribution in [0.25, 0.3) is 0 Å². The average molecular weight is 300 g/mol. The highest BCUT2D eigenvalue weighted by Crippen LogP contribution is 2.42. The van der Waals surface area contributed by atoms with Crippen LogP contribution in [0.4, 0.5) is 0 Å². The first kappa shape index (κ1) is 18.9. The molecule has 126 valence electrons. The van der Waals surface area contributed by atoms with E-state index in [0.29, 0.717) is 5.92 Å². The van der Waals surface area contributed by atoms with Crippen LogP contribution < -0.4 is 0 Å². The maximum Gasteiger partial charge on any atom is 0.0675 e. The fourth-order valence-corrected chi connectivity index (χ4v) is 3.94. The molecular formula is C18H36O3. The molecule has 21 heavy (non-hydrogen) atoms. The molecule has 0 atom stereocenters. The van der Waals surface area contributed by atoms with Gasteiger partial charge in [0.1, 0.15) is 0 Å². The summed E-state index contributed by atoms with van der Waals surface area (Å²) in [5, 5.41) is 0. The molecule has 1 aliphatic carbocycles. The fourth-order valence-electron chi connectivity index (χ4n) is 3.94. The lowest BCUT2D eigenvalue weighted by Crippen LogP contribution is -2.46. The zero-order valence-corrected chi connectivity index (χ0v) is 14.9. The molecule has 0 N–H and O–H groups in total. The summed E-state index contributed by atoms with van der Waals surface area (Å²) in [7, 11) is 3.60. The van der Waals surface area contributed by atoms with Crippen LogP contribution in [0.3, 0.4) is 0 Å². The van der Waals surface area contributed by atoms with Crippen LogP contribution in [0.2, 0.25) is 0 Å². The van der Waals surface area contributed by atoms with Gasteiger partial charge in [-0.1, -0.05) is 33.6 Å². The second kappa shape index (κ2) is 9.12. The number of ether oxygens (including phenoxy) is 3. The molecule has 1 saturated carbocycles. The Morgan fingerprint density at radius 3 is 1.67 bits per heavy atom. The summed E-state index contributed by atoms with van der Waals surface area (Å²) >= 11 is 0. The lowest BCUT2D eigenvalue weighted by Gasteiger charge is -2.42. The van der Waals surface area contributed by atoms with Crippen molar-refractivity contribution in [3.63, 3.8) is 0 Å². The highest BCUT2D eigenvalue weighted by atomic mass is 16.5. The van der Waals surface area contributed by atoms with Crippen LogP contribution in [0.15, 0.2) is 0 Å². The first-order chi connectivity index (χ1) is 10.1. The van der Waals surface area contributed by atoms with Crippen LogP contribution in [0.1, 0.15) is 65.7 Å². The molecule has 3 heteroatoms. The molecule has 1 fully saturated rings. The zero-order chi connectivity index (χ0) is 15.8. The Balaban J connectivity index is 2.84. The minimum Gasteiger partial charge on any atom is -0.384 e. The van der Waals surface area contributed by atoms with E-state index in [1.54, 1.807) is 14.2 Å². The minimum absolute atomic E-state index is 0.0186. The number of methoxy groups -OCH3 is 2. The summed E-state index contributed by atoms with van der Waals surface area (Å²) < 4.78 is 17.7. The molecule has 1 aliphatic rings. The third-order valence-corrected chi connectivity index (χ3v) is 5.68. The smallest absolute Gasteiger partial charge is 0.0675 e. The van der Waals surface area contributed by atoms with E-state index < -0.39 is 0 Å². The van der Waals surface area contributed by atoms with Gasteiger partial charge in [-0.2, -0.15) is 0 Å².